The normalized spacial score (nSPS) is 17.7. The summed E-state index contributed by atoms with van der Waals surface area (Å²) in [5.74, 6) is 0.836. The molecule has 4 nitrogen and oxygen atoms in total. The van der Waals surface area contributed by atoms with Gasteiger partial charge in [0.2, 0.25) is 5.91 Å². The number of hydrogen-bond acceptors (Lipinski definition) is 3. The standard InChI is InChI=1S/C15H22N2O2/c1-10-5-4-6-11(2)13(10)19-9-12(3)17-14(18)15(16)7-8-15/h4-6,12H,7-9,16H2,1-3H3,(H,17,18). The van der Waals surface area contributed by atoms with Gasteiger partial charge in [0, 0.05) is 0 Å². The van der Waals surface area contributed by atoms with Crippen LogP contribution in [0.4, 0.5) is 0 Å². The minimum atomic E-state index is -0.618. The first-order valence-corrected chi connectivity index (χ1v) is 6.71. The largest absolute Gasteiger partial charge is 0.491 e. The van der Waals surface area contributed by atoms with Gasteiger partial charge >= 0.3 is 0 Å². The molecule has 1 aromatic carbocycles. The van der Waals surface area contributed by atoms with Gasteiger partial charge in [0.1, 0.15) is 12.4 Å². The minimum absolute atomic E-state index is 0.0486. The van der Waals surface area contributed by atoms with E-state index < -0.39 is 5.54 Å². The van der Waals surface area contributed by atoms with E-state index in [0.29, 0.717) is 6.61 Å². The summed E-state index contributed by atoms with van der Waals surface area (Å²) in [6.45, 7) is 6.42. The molecule has 0 aromatic heterocycles. The minimum Gasteiger partial charge on any atom is -0.491 e. The van der Waals surface area contributed by atoms with Gasteiger partial charge in [-0.25, -0.2) is 0 Å². The van der Waals surface area contributed by atoms with Crippen molar-refractivity contribution in [2.45, 2.75) is 45.2 Å². The van der Waals surface area contributed by atoms with E-state index in [0.717, 1.165) is 29.7 Å². The topological polar surface area (TPSA) is 64.3 Å². The number of nitrogens with two attached hydrogens (primary N) is 1. The van der Waals surface area contributed by atoms with E-state index in [1.54, 1.807) is 0 Å². The van der Waals surface area contributed by atoms with Gasteiger partial charge in [0.25, 0.3) is 0 Å². The fraction of sp³-hybridized carbons (Fsp3) is 0.533. The second-order valence-electron chi connectivity index (χ2n) is 5.56. The summed E-state index contributed by atoms with van der Waals surface area (Å²) in [7, 11) is 0. The number of rotatable bonds is 5. The summed E-state index contributed by atoms with van der Waals surface area (Å²) < 4.78 is 5.81. The molecule has 0 spiro atoms. The molecule has 0 saturated heterocycles. The van der Waals surface area contributed by atoms with Crippen LogP contribution in [0.1, 0.15) is 30.9 Å². The first-order chi connectivity index (χ1) is 8.92. The summed E-state index contributed by atoms with van der Waals surface area (Å²) in [6, 6.07) is 6.00. The van der Waals surface area contributed by atoms with Gasteiger partial charge in [-0.15, -0.1) is 0 Å². The lowest BCUT2D eigenvalue weighted by Crippen LogP contribution is -2.47. The second-order valence-corrected chi connectivity index (χ2v) is 5.56. The third kappa shape index (κ3) is 3.26. The summed E-state index contributed by atoms with van der Waals surface area (Å²) in [5.41, 5.74) is 7.44. The van der Waals surface area contributed by atoms with Crippen molar-refractivity contribution in [3.05, 3.63) is 29.3 Å². The zero-order chi connectivity index (χ0) is 14.0. The summed E-state index contributed by atoms with van der Waals surface area (Å²) in [4.78, 5) is 11.8. The van der Waals surface area contributed by atoms with Crippen LogP contribution in [0.15, 0.2) is 18.2 Å². The quantitative estimate of drug-likeness (QED) is 0.848. The fourth-order valence-electron chi connectivity index (χ4n) is 2.01. The molecule has 1 atom stereocenters. The van der Waals surface area contributed by atoms with Crippen molar-refractivity contribution in [3.8, 4) is 5.75 Å². The summed E-state index contributed by atoms with van der Waals surface area (Å²) in [6.07, 6.45) is 1.56. The molecule has 104 valence electrons. The van der Waals surface area contributed by atoms with Crippen molar-refractivity contribution in [2.24, 2.45) is 5.73 Å². The Hall–Kier alpha value is -1.55. The average molecular weight is 262 g/mol. The predicted molar refractivity (Wildman–Crippen MR) is 75.2 cm³/mol. The molecule has 3 N–H and O–H groups in total. The maximum atomic E-state index is 11.8. The lowest BCUT2D eigenvalue weighted by Gasteiger charge is -2.19. The third-order valence-electron chi connectivity index (χ3n) is 3.50. The second kappa shape index (κ2) is 5.21. The van der Waals surface area contributed by atoms with Crippen molar-refractivity contribution in [1.29, 1.82) is 0 Å². The number of carbonyl (C=O) groups excluding carboxylic acids is 1. The molecule has 2 rings (SSSR count). The number of para-hydroxylation sites is 1. The van der Waals surface area contributed by atoms with Crippen molar-refractivity contribution in [2.75, 3.05) is 6.61 Å². The van der Waals surface area contributed by atoms with Crippen molar-refractivity contribution in [1.82, 2.24) is 5.32 Å². The maximum absolute atomic E-state index is 11.8. The Morgan fingerprint density at radius 3 is 2.53 bits per heavy atom. The molecule has 4 heteroatoms. The molecule has 1 aliphatic rings. The van der Waals surface area contributed by atoms with Gasteiger partial charge in [-0.3, -0.25) is 4.79 Å². The molecule has 1 aromatic rings. The molecule has 1 fully saturated rings. The van der Waals surface area contributed by atoms with E-state index in [1.165, 1.54) is 0 Å². The predicted octanol–water partition coefficient (Wildman–Crippen LogP) is 1.68. The van der Waals surface area contributed by atoms with Gasteiger partial charge < -0.3 is 15.8 Å². The highest BCUT2D eigenvalue weighted by molar-refractivity contribution is 5.89. The highest BCUT2D eigenvalue weighted by atomic mass is 16.5. The van der Waals surface area contributed by atoms with Gasteiger partial charge in [-0.1, -0.05) is 18.2 Å². The zero-order valence-electron chi connectivity index (χ0n) is 11.8. The highest BCUT2D eigenvalue weighted by Crippen LogP contribution is 2.32. The van der Waals surface area contributed by atoms with Crippen molar-refractivity contribution < 1.29 is 9.53 Å². The third-order valence-corrected chi connectivity index (χ3v) is 3.50. The smallest absolute Gasteiger partial charge is 0.240 e. The fourth-order valence-corrected chi connectivity index (χ4v) is 2.01. The van der Waals surface area contributed by atoms with Crippen LogP contribution in [0, 0.1) is 13.8 Å². The lowest BCUT2D eigenvalue weighted by molar-refractivity contribution is -0.124. The van der Waals surface area contributed by atoms with E-state index in [4.69, 9.17) is 10.5 Å². The average Bonchev–Trinajstić information content (AvgIpc) is 3.08. The van der Waals surface area contributed by atoms with E-state index in [1.807, 2.05) is 39.0 Å². The molecular formula is C15H22N2O2. The number of aryl methyl sites for hydroxylation is 2. The number of nitrogens with one attached hydrogen (secondary N) is 1. The number of benzene rings is 1. The summed E-state index contributed by atoms with van der Waals surface area (Å²) >= 11 is 0. The molecule has 1 saturated carbocycles. The van der Waals surface area contributed by atoms with Crippen LogP contribution >= 0.6 is 0 Å². The molecule has 0 bridgehead atoms. The Morgan fingerprint density at radius 2 is 2.00 bits per heavy atom. The highest BCUT2D eigenvalue weighted by Gasteiger charge is 2.46. The first-order valence-electron chi connectivity index (χ1n) is 6.71. The van der Waals surface area contributed by atoms with Crippen LogP contribution in [0.5, 0.6) is 5.75 Å². The number of amides is 1. The number of hydrogen-bond donors (Lipinski definition) is 2. The first kappa shape index (κ1) is 13.9. The Morgan fingerprint density at radius 1 is 1.42 bits per heavy atom. The van der Waals surface area contributed by atoms with Gasteiger partial charge in [0.15, 0.2) is 0 Å². The van der Waals surface area contributed by atoms with Crippen LogP contribution in [0.25, 0.3) is 0 Å². The molecule has 0 aliphatic heterocycles. The monoisotopic (exact) mass is 262 g/mol. The van der Waals surface area contributed by atoms with Crippen LogP contribution in [0.3, 0.4) is 0 Å². The lowest BCUT2D eigenvalue weighted by atomic mass is 10.1. The maximum Gasteiger partial charge on any atom is 0.240 e. The SMILES string of the molecule is Cc1cccc(C)c1OCC(C)NC(=O)C1(N)CC1. The van der Waals surface area contributed by atoms with Crippen molar-refractivity contribution >= 4 is 5.91 Å². The molecular weight excluding hydrogens is 240 g/mol. The Bertz CT molecular complexity index is 461. The Kier molecular flexibility index (Phi) is 3.80. The number of carbonyl (C=O) groups is 1. The van der Waals surface area contributed by atoms with Gasteiger partial charge in [0.05, 0.1) is 11.6 Å². The van der Waals surface area contributed by atoms with Crippen LogP contribution in [-0.4, -0.2) is 24.1 Å². The van der Waals surface area contributed by atoms with E-state index in [-0.39, 0.29) is 11.9 Å². The van der Waals surface area contributed by atoms with Crippen LogP contribution in [0.2, 0.25) is 0 Å². The number of ether oxygens (including phenoxy) is 1. The van der Waals surface area contributed by atoms with E-state index in [2.05, 4.69) is 5.32 Å². The van der Waals surface area contributed by atoms with E-state index >= 15 is 0 Å². The Labute approximate surface area is 114 Å². The van der Waals surface area contributed by atoms with Gasteiger partial charge in [-0.05, 0) is 44.7 Å². The molecule has 1 aliphatic carbocycles. The van der Waals surface area contributed by atoms with Crippen LogP contribution < -0.4 is 15.8 Å². The molecule has 0 radical (unpaired) electrons. The van der Waals surface area contributed by atoms with E-state index in [9.17, 15) is 4.79 Å². The van der Waals surface area contributed by atoms with Crippen LogP contribution in [-0.2, 0) is 4.79 Å². The Balaban J connectivity index is 1.86. The molecule has 1 unspecified atom stereocenters. The van der Waals surface area contributed by atoms with Gasteiger partial charge in [-0.2, -0.15) is 0 Å². The zero-order valence-corrected chi connectivity index (χ0v) is 11.8. The van der Waals surface area contributed by atoms with Crippen molar-refractivity contribution in [3.63, 3.8) is 0 Å². The molecule has 19 heavy (non-hydrogen) atoms. The summed E-state index contributed by atoms with van der Waals surface area (Å²) in [5, 5.41) is 2.90. The molecule has 0 heterocycles. The molecule has 1 amide bonds.